The molecule has 2 N–H and O–H groups in total. The first-order valence-electron chi connectivity index (χ1n) is 12.3. The average Bonchev–Trinajstić information content (AvgIpc) is 3.35. The summed E-state index contributed by atoms with van der Waals surface area (Å²) in [4.78, 5) is 31.3. The second kappa shape index (κ2) is 12.0. The summed E-state index contributed by atoms with van der Waals surface area (Å²) in [6.45, 7) is 1.39. The maximum absolute atomic E-state index is 13.4. The van der Waals surface area contributed by atoms with Crippen LogP contribution in [0.15, 0.2) is 89.9 Å². The quantitative estimate of drug-likeness (QED) is 0.361. The first-order valence-corrected chi connectivity index (χ1v) is 12.3. The fourth-order valence-corrected chi connectivity index (χ4v) is 4.60. The van der Waals surface area contributed by atoms with Crippen molar-refractivity contribution in [3.05, 3.63) is 102 Å². The normalized spacial score (nSPS) is 17.2. The molecule has 2 atom stereocenters. The number of aliphatic imine (C=N–C) groups is 1. The van der Waals surface area contributed by atoms with Crippen LogP contribution in [0.3, 0.4) is 0 Å². The van der Waals surface area contributed by atoms with Crippen molar-refractivity contribution in [2.75, 3.05) is 11.9 Å². The van der Waals surface area contributed by atoms with Gasteiger partial charge in [-0.15, -0.1) is 0 Å². The zero-order valence-electron chi connectivity index (χ0n) is 20.6. The fourth-order valence-electron chi connectivity index (χ4n) is 4.60. The SMILES string of the molecule is O=C(Nc1ccccc1C(=N[C@H](CC(F)(F)F)C(=O)O)c1ccccc1)[C@H]1CCCN1Cc1ccccc1. The van der Waals surface area contributed by atoms with Gasteiger partial charge in [-0.2, -0.15) is 13.2 Å². The van der Waals surface area contributed by atoms with Crippen LogP contribution in [0.4, 0.5) is 18.9 Å². The van der Waals surface area contributed by atoms with Gasteiger partial charge in [-0.25, -0.2) is 4.79 Å². The Morgan fingerprint density at radius 1 is 0.974 bits per heavy atom. The molecule has 38 heavy (non-hydrogen) atoms. The third kappa shape index (κ3) is 7.07. The number of likely N-dealkylation sites (tertiary alicyclic amines) is 1. The first-order chi connectivity index (χ1) is 18.2. The lowest BCUT2D eigenvalue weighted by Gasteiger charge is -2.24. The number of amides is 1. The van der Waals surface area contributed by atoms with E-state index in [1.54, 1.807) is 54.6 Å². The van der Waals surface area contributed by atoms with E-state index in [9.17, 15) is 27.9 Å². The molecule has 1 heterocycles. The molecule has 6 nitrogen and oxygen atoms in total. The second-order valence-corrected chi connectivity index (χ2v) is 9.17. The zero-order chi connectivity index (χ0) is 27.1. The molecule has 1 fully saturated rings. The van der Waals surface area contributed by atoms with Gasteiger partial charge in [0.25, 0.3) is 0 Å². The highest BCUT2D eigenvalue weighted by molar-refractivity contribution is 6.17. The third-order valence-corrected chi connectivity index (χ3v) is 6.38. The van der Waals surface area contributed by atoms with Crippen LogP contribution in [0.25, 0.3) is 0 Å². The lowest BCUT2D eigenvalue weighted by Crippen LogP contribution is -2.39. The van der Waals surface area contributed by atoms with Crippen LogP contribution in [0.5, 0.6) is 0 Å². The molecule has 0 bridgehead atoms. The van der Waals surface area contributed by atoms with Gasteiger partial charge in [0, 0.05) is 17.7 Å². The summed E-state index contributed by atoms with van der Waals surface area (Å²) in [5, 5.41) is 12.4. The number of nitrogens with zero attached hydrogens (tertiary/aromatic N) is 2. The Morgan fingerprint density at radius 2 is 1.61 bits per heavy atom. The molecular formula is C29H28F3N3O3. The van der Waals surface area contributed by atoms with Gasteiger partial charge >= 0.3 is 12.1 Å². The number of anilines is 1. The summed E-state index contributed by atoms with van der Waals surface area (Å²) in [7, 11) is 0. The summed E-state index contributed by atoms with van der Waals surface area (Å²) in [6.07, 6.45) is -4.79. The summed E-state index contributed by atoms with van der Waals surface area (Å²) >= 11 is 0. The lowest BCUT2D eigenvalue weighted by molar-refractivity contribution is -0.156. The first kappa shape index (κ1) is 27.1. The van der Waals surface area contributed by atoms with E-state index < -0.39 is 24.6 Å². The Kier molecular flexibility index (Phi) is 8.58. The summed E-state index contributed by atoms with van der Waals surface area (Å²) in [5.74, 6) is -1.91. The number of hydrogen-bond acceptors (Lipinski definition) is 4. The van der Waals surface area contributed by atoms with E-state index in [0.29, 0.717) is 29.8 Å². The van der Waals surface area contributed by atoms with Gasteiger partial charge in [-0.3, -0.25) is 14.7 Å². The number of nitrogens with one attached hydrogen (secondary N) is 1. The Hall–Kier alpha value is -3.98. The highest BCUT2D eigenvalue weighted by atomic mass is 19.4. The van der Waals surface area contributed by atoms with Gasteiger partial charge < -0.3 is 10.4 Å². The third-order valence-electron chi connectivity index (χ3n) is 6.38. The fraction of sp³-hybridized carbons (Fsp3) is 0.276. The molecule has 1 saturated heterocycles. The van der Waals surface area contributed by atoms with Crippen molar-refractivity contribution in [1.82, 2.24) is 4.90 Å². The number of hydrogen-bond donors (Lipinski definition) is 2. The summed E-state index contributed by atoms with van der Waals surface area (Å²) in [5.41, 5.74) is 2.28. The molecule has 9 heteroatoms. The summed E-state index contributed by atoms with van der Waals surface area (Å²) in [6, 6.07) is 22.4. The minimum absolute atomic E-state index is 0.0608. The molecule has 0 radical (unpaired) electrons. The van der Waals surface area contributed by atoms with Crippen LogP contribution < -0.4 is 5.32 Å². The van der Waals surface area contributed by atoms with Crippen molar-refractivity contribution in [2.45, 2.75) is 44.1 Å². The number of aliphatic carboxylic acids is 1. The van der Waals surface area contributed by atoms with Crippen LogP contribution in [0.1, 0.15) is 36.0 Å². The molecule has 4 rings (SSSR count). The van der Waals surface area contributed by atoms with Crippen LogP contribution in [-0.4, -0.2) is 52.4 Å². The topological polar surface area (TPSA) is 82.0 Å². The maximum Gasteiger partial charge on any atom is 0.391 e. The second-order valence-electron chi connectivity index (χ2n) is 9.17. The van der Waals surface area contributed by atoms with Crippen molar-refractivity contribution < 1.29 is 27.9 Å². The number of carboxylic acids is 1. The van der Waals surface area contributed by atoms with E-state index in [1.165, 1.54) is 0 Å². The van der Waals surface area contributed by atoms with Crippen molar-refractivity contribution in [3.63, 3.8) is 0 Å². The molecule has 0 spiro atoms. The minimum Gasteiger partial charge on any atom is -0.480 e. The highest BCUT2D eigenvalue weighted by Gasteiger charge is 2.36. The number of alkyl halides is 3. The number of para-hydroxylation sites is 1. The number of carboxylic acid groups (broad SMARTS) is 1. The Bertz CT molecular complexity index is 1280. The highest BCUT2D eigenvalue weighted by Crippen LogP contribution is 2.27. The molecule has 198 valence electrons. The van der Waals surface area contributed by atoms with Gasteiger partial charge in [0.15, 0.2) is 6.04 Å². The molecule has 3 aromatic carbocycles. The van der Waals surface area contributed by atoms with Crippen LogP contribution >= 0.6 is 0 Å². The minimum atomic E-state index is -4.72. The van der Waals surface area contributed by atoms with Crippen molar-refractivity contribution in [1.29, 1.82) is 0 Å². The number of carbonyl (C=O) groups excluding carboxylic acids is 1. The van der Waals surface area contributed by atoms with Crippen LogP contribution in [-0.2, 0) is 16.1 Å². The van der Waals surface area contributed by atoms with E-state index >= 15 is 0 Å². The van der Waals surface area contributed by atoms with Gasteiger partial charge in [0.1, 0.15) is 0 Å². The van der Waals surface area contributed by atoms with E-state index in [1.807, 2.05) is 30.3 Å². The number of carbonyl (C=O) groups is 2. The van der Waals surface area contributed by atoms with E-state index in [-0.39, 0.29) is 17.7 Å². The monoisotopic (exact) mass is 523 g/mol. The summed E-state index contributed by atoms with van der Waals surface area (Å²) < 4.78 is 39.4. The van der Waals surface area contributed by atoms with E-state index in [4.69, 9.17) is 0 Å². The Labute approximate surface area is 218 Å². The largest absolute Gasteiger partial charge is 0.480 e. The Morgan fingerprint density at radius 3 is 2.26 bits per heavy atom. The molecule has 1 amide bonds. The van der Waals surface area contributed by atoms with E-state index in [0.717, 1.165) is 18.5 Å². The van der Waals surface area contributed by atoms with Gasteiger partial charge in [0.05, 0.1) is 23.9 Å². The van der Waals surface area contributed by atoms with Crippen LogP contribution in [0.2, 0.25) is 0 Å². The van der Waals surface area contributed by atoms with Crippen LogP contribution in [0, 0.1) is 0 Å². The molecule has 1 aliphatic rings. The van der Waals surface area contributed by atoms with E-state index in [2.05, 4.69) is 15.2 Å². The van der Waals surface area contributed by atoms with Gasteiger partial charge in [-0.05, 0) is 31.0 Å². The number of benzene rings is 3. The average molecular weight is 524 g/mol. The molecule has 0 aromatic heterocycles. The van der Waals surface area contributed by atoms with Gasteiger partial charge in [0.2, 0.25) is 5.91 Å². The van der Waals surface area contributed by atoms with Gasteiger partial charge in [-0.1, -0.05) is 78.9 Å². The number of rotatable bonds is 9. The maximum atomic E-state index is 13.4. The molecule has 3 aromatic rings. The Balaban J connectivity index is 1.65. The lowest BCUT2D eigenvalue weighted by atomic mass is 9.99. The molecular weight excluding hydrogens is 495 g/mol. The molecule has 0 unspecified atom stereocenters. The smallest absolute Gasteiger partial charge is 0.391 e. The van der Waals surface area contributed by atoms with Crippen molar-refractivity contribution in [3.8, 4) is 0 Å². The predicted octanol–water partition coefficient (Wildman–Crippen LogP) is 5.53. The molecule has 0 aliphatic carbocycles. The predicted molar refractivity (Wildman–Crippen MR) is 139 cm³/mol. The standard InChI is InChI=1S/C29H28F3N3O3/c30-29(31,32)18-24(28(37)38)33-26(21-12-5-2-6-13-21)22-14-7-8-15-23(22)34-27(36)25-16-9-17-35(25)19-20-10-3-1-4-11-20/h1-8,10-15,24-25H,9,16-19H2,(H,34,36)(H,37,38)/t24-,25-/m1/s1. The molecule has 1 aliphatic heterocycles. The number of halogens is 3. The molecule has 0 saturated carbocycles. The van der Waals surface area contributed by atoms with Crippen molar-refractivity contribution in [2.24, 2.45) is 4.99 Å². The zero-order valence-corrected chi connectivity index (χ0v) is 20.6. The van der Waals surface area contributed by atoms with Crippen molar-refractivity contribution >= 4 is 23.3 Å².